The van der Waals surface area contributed by atoms with Crippen LogP contribution in [-0.2, 0) is 4.74 Å². The topological polar surface area (TPSA) is 12.5 Å². The number of hydrogen-bond donors (Lipinski definition) is 0. The highest BCUT2D eigenvalue weighted by molar-refractivity contribution is 14.1. The molecular formula is C10H18INO. The van der Waals surface area contributed by atoms with E-state index in [-0.39, 0.29) is 0 Å². The first-order valence-corrected chi connectivity index (χ1v) is 6.36. The van der Waals surface area contributed by atoms with E-state index >= 15 is 0 Å². The van der Waals surface area contributed by atoms with Gasteiger partial charge in [-0.2, -0.15) is 0 Å². The van der Waals surface area contributed by atoms with Crippen molar-refractivity contribution in [1.82, 2.24) is 4.90 Å². The zero-order valence-electron chi connectivity index (χ0n) is 8.42. The van der Waals surface area contributed by atoms with Crippen LogP contribution < -0.4 is 0 Å². The molecule has 0 aromatic rings. The van der Waals surface area contributed by atoms with Crippen molar-refractivity contribution in [3.63, 3.8) is 0 Å². The molecule has 0 N–H and O–H groups in total. The zero-order chi connectivity index (χ0) is 9.47. The lowest BCUT2D eigenvalue weighted by molar-refractivity contribution is -0.0968. The van der Waals surface area contributed by atoms with Gasteiger partial charge in [-0.15, -0.1) is 0 Å². The van der Waals surface area contributed by atoms with E-state index in [9.17, 15) is 0 Å². The predicted molar refractivity (Wildman–Crippen MR) is 62.1 cm³/mol. The van der Waals surface area contributed by atoms with E-state index in [0.29, 0.717) is 9.53 Å². The van der Waals surface area contributed by atoms with Gasteiger partial charge in [-0.25, -0.2) is 0 Å². The molecule has 0 aromatic heterocycles. The molecule has 1 atom stereocenters. The molecule has 0 aromatic carbocycles. The Morgan fingerprint density at radius 3 is 2.69 bits per heavy atom. The number of hydrogen-bond acceptors (Lipinski definition) is 2. The van der Waals surface area contributed by atoms with Crippen LogP contribution in [0.4, 0.5) is 0 Å². The Labute approximate surface area is 94.1 Å². The van der Waals surface area contributed by atoms with Crippen molar-refractivity contribution in [2.45, 2.75) is 36.8 Å². The number of halogens is 1. The molecule has 2 fully saturated rings. The normalized spacial score (nSPS) is 33.7. The summed E-state index contributed by atoms with van der Waals surface area (Å²) in [5, 5.41) is 0. The Kier molecular flexibility index (Phi) is 2.87. The van der Waals surface area contributed by atoms with E-state index in [1.807, 2.05) is 0 Å². The van der Waals surface area contributed by atoms with Crippen molar-refractivity contribution in [1.29, 1.82) is 0 Å². The smallest absolute Gasteiger partial charge is 0.109 e. The van der Waals surface area contributed by atoms with Crippen molar-refractivity contribution in [2.75, 3.05) is 19.7 Å². The van der Waals surface area contributed by atoms with Crippen LogP contribution in [0.5, 0.6) is 0 Å². The van der Waals surface area contributed by atoms with Gasteiger partial charge in [-0.05, 0) is 26.7 Å². The second kappa shape index (κ2) is 3.66. The zero-order valence-corrected chi connectivity index (χ0v) is 10.6. The molecule has 2 aliphatic heterocycles. The Morgan fingerprint density at radius 1 is 1.46 bits per heavy atom. The maximum atomic E-state index is 5.57. The summed E-state index contributed by atoms with van der Waals surface area (Å²) in [6.45, 7) is 8.14. The number of ether oxygens (including phenoxy) is 1. The molecule has 2 rings (SSSR count). The van der Waals surface area contributed by atoms with Gasteiger partial charge in [0.25, 0.3) is 0 Å². The molecule has 0 radical (unpaired) electrons. The average molecular weight is 295 g/mol. The SMILES string of the molecule is CC(C)N1CC2(CCOC(I)C2)C1. The van der Waals surface area contributed by atoms with Gasteiger partial charge in [0.2, 0.25) is 0 Å². The molecule has 2 nitrogen and oxygen atoms in total. The first-order chi connectivity index (χ1) is 6.11. The number of likely N-dealkylation sites (tertiary alicyclic amines) is 1. The molecule has 2 saturated heterocycles. The van der Waals surface area contributed by atoms with Crippen molar-refractivity contribution < 1.29 is 4.74 Å². The summed E-state index contributed by atoms with van der Waals surface area (Å²) in [5.74, 6) is 0. The first-order valence-electron chi connectivity index (χ1n) is 5.11. The van der Waals surface area contributed by atoms with E-state index in [4.69, 9.17) is 4.74 Å². The predicted octanol–water partition coefficient (Wildman–Crippen LogP) is 2.27. The Bertz CT molecular complexity index is 189. The van der Waals surface area contributed by atoms with Crippen LogP contribution in [-0.4, -0.2) is 34.7 Å². The lowest BCUT2D eigenvalue weighted by Gasteiger charge is -2.54. The molecule has 3 heteroatoms. The van der Waals surface area contributed by atoms with Gasteiger partial charge in [0.15, 0.2) is 0 Å². The summed E-state index contributed by atoms with van der Waals surface area (Å²) in [7, 11) is 0. The maximum absolute atomic E-state index is 5.57. The highest BCUT2D eigenvalue weighted by atomic mass is 127. The van der Waals surface area contributed by atoms with Crippen LogP contribution in [0.25, 0.3) is 0 Å². The van der Waals surface area contributed by atoms with E-state index in [2.05, 4.69) is 41.3 Å². The van der Waals surface area contributed by atoms with Crippen LogP contribution in [0.15, 0.2) is 0 Å². The minimum atomic E-state index is 0.459. The monoisotopic (exact) mass is 295 g/mol. The van der Waals surface area contributed by atoms with Crippen LogP contribution in [0.3, 0.4) is 0 Å². The summed E-state index contributed by atoms with van der Waals surface area (Å²) in [5.41, 5.74) is 0.619. The van der Waals surface area contributed by atoms with E-state index in [0.717, 1.165) is 12.6 Å². The molecule has 0 amide bonds. The van der Waals surface area contributed by atoms with Gasteiger partial charge in [0.1, 0.15) is 4.11 Å². The van der Waals surface area contributed by atoms with Crippen molar-refractivity contribution in [3.8, 4) is 0 Å². The van der Waals surface area contributed by atoms with Crippen LogP contribution >= 0.6 is 22.6 Å². The van der Waals surface area contributed by atoms with E-state index in [1.54, 1.807) is 0 Å². The summed E-state index contributed by atoms with van der Waals surface area (Å²) < 4.78 is 6.03. The summed E-state index contributed by atoms with van der Waals surface area (Å²) >= 11 is 2.42. The number of nitrogens with zero attached hydrogens (tertiary/aromatic N) is 1. The third-order valence-electron chi connectivity index (χ3n) is 3.33. The summed E-state index contributed by atoms with van der Waals surface area (Å²) in [4.78, 5) is 2.56. The third kappa shape index (κ3) is 2.02. The second-order valence-corrected chi connectivity index (χ2v) is 6.12. The molecule has 0 saturated carbocycles. The van der Waals surface area contributed by atoms with Gasteiger partial charge >= 0.3 is 0 Å². The molecular weight excluding hydrogens is 277 g/mol. The largest absolute Gasteiger partial charge is 0.368 e. The van der Waals surface area contributed by atoms with Crippen LogP contribution in [0.1, 0.15) is 26.7 Å². The third-order valence-corrected chi connectivity index (χ3v) is 4.13. The first kappa shape index (κ1) is 10.2. The summed E-state index contributed by atoms with van der Waals surface area (Å²) in [6.07, 6.45) is 2.53. The molecule has 0 aliphatic carbocycles. The van der Waals surface area contributed by atoms with Gasteiger partial charge in [-0.1, -0.05) is 22.6 Å². The van der Waals surface area contributed by atoms with Crippen LogP contribution in [0.2, 0.25) is 0 Å². The fraction of sp³-hybridized carbons (Fsp3) is 1.00. The van der Waals surface area contributed by atoms with Crippen molar-refractivity contribution in [2.24, 2.45) is 5.41 Å². The fourth-order valence-electron chi connectivity index (χ4n) is 2.37. The van der Waals surface area contributed by atoms with Crippen LogP contribution in [0, 0.1) is 5.41 Å². The molecule has 76 valence electrons. The summed E-state index contributed by atoms with van der Waals surface area (Å²) in [6, 6.07) is 0.723. The Morgan fingerprint density at radius 2 is 2.15 bits per heavy atom. The lowest BCUT2D eigenvalue weighted by atomic mass is 9.73. The minimum absolute atomic E-state index is 0.459. The average Bonchev–Trinajstić information content (AvgIpc) is 1.99. The standard InChI is InChI=1S/C10H18INO/c1-8(2)12-6-10(7-12)3-4-13-9(11)5-10/h8-9H,3-7H2,1-2H3. The van der Waals surface area contributed by atoms with Gasteiger partial charge < -0.3 is 4.74 Å². The van der Waals surface area contributed by atoms with Crippen molar-refractivity contribution >= 4 is 22.6 Å². The molecule has 1 spiro atoms. The molecule has 13 heavy (non-hydrogen) atoms. The highest BCUT2D eigenvalue weighted by Crippen LogP contribution is 2.43. The van der Waals surface area contributed by atoms with Crippen molar-refractivity contribution in [3.05, 3.63) is 0 Å². The van der Waals surface area contributed by atoms with E-state index in [1.165, 1.54) is 25.9 Å². The van der Waals surface area contributed by atoms with Gasteiger partial charge in [-0.3, -0.25) is 4.90 Å². The molecule has 2 aliphatic rings. The highest BCUT2D eigenvalue weighted by Gasteiger charge is 2.46. The Hall–Kier alpha value is 0.650. The van der Waals surface area contributed by atoms with Gasteiger partial charge in [0, 0.05) is 31.2 Å². The minimum Gasteiger partial charge on any atom is -0.368 e. The molecule has 2 heterocycles. The maximum Gasteiger partial charge on any atom is 0.109 e. The fourth-order valence-corrected chi connectivity index (χ4v) is 3.56. The Balaban J connectivity index is 1.88. The second-order valence-electron chi connectivity index (χ2n) is 4.73. The van der Waals surface area contributed by atoms with Gasteiger partial charge in [0.05, 0.1) is 0 Å². The molecule has 1 unspecified atom stereocenters. The molecule has 0 bridgehead atoms. The van der Waals surface area contributed by atoms with E-state index < -0.39 is 0 Å². The number of rotatable bonds is 1. The quantitative estimate of drug-likeness (QED) is 0.543. The number of alkyl halides is 1. The lowest BCUT2D eigenvalue weighted by Crippen LogP contribution is -2.61.